The molecule has 4 atom stereocenters. The van der Waals surface area contributed by atoms with E-state index in [1.807, 2.05) is 0 Å². The Bertz CT molecular complexity index is 867. The number of nitrogens with zero attached hydrogens (tertiary/aromatic N) is 2. The molecule has 3 fully saturated rings. The normalized spacial score (nSPS) is 30.4. The van der Waals surface area contributed by atoms with E-state index in [1.165, 1.54) is 0 Å². The highest BCUT2D eigenvalue weighted by molar-refractivity contribution is 5.91. The quantitative estimate of drug-likeness (QED) is 0.749. The summed E-state index contributed by atoms with van der Waals surface area (Å²) in [5, 5.41) is 10.5. The lowest BCUT2D eigenvalue weighted by Gasteiger charge is -2.30. The molecule has 0 radical (unpaired) electrons. The Kier molecular flexibility index (Phi) is 4.72. The van der Waals surface area contributed by atoms with Gasteiger partial charge in [-0.2, -0.15) is 0 Å². The lowest BCUT2D eigenvalue weighted by molar-refractivity contribution is -0.157. The maximum Gasteiger partial charge on any atom is 0.416 e. The van der Waals surface area contributed by atoms with Gasteiger partial charge in [-0.15, -0.1) is 0 Å². The Hall–Kier alpha value is -2.42. The van der Waals surface area contributed by atoms with E-state index in [9.17, 15) is 23.5 Å². The number of rotatable bonds is 4. The average Bonchev–Trinajstić information content (AvgIpc) is 2.97. The van der Waals surface area contributed by atoms with Gasteiger partial charge in [0.1, 0.15) is 17.9 Å². The molecule has 1 saturated carbocycles. The number of ether oxygens (including phenoxy) is 2. The van der Waals surface area contributed by atoms with E-state index >= 15 is 0 Å². The SMILES string of the molecule is CC[C@@]1(O)COC(=O)N1c1cc(F)c(N2C[C@@H]3C(C(=O)OC(C)(C)C)[C@@H]3C2)c(F)c1. The molecule has 164 valence electrons. The second kappa shape index (κ2) is 6.80. The molecule has 7 nitrogen and oxygen atoms in total. The maximum atomic E-state index is 14.9. The van der Waals surface area contributed by atoms with Gasteiger partial charge in [0.2, 0.25) is 0 Å². The highest BCUT2D eigenvalue weighted by atomic mass is 19.1. The Morgan fingerprint density at radius 2 is 1.83 bits per heavy atom. The number of halogens is 2. The summed E-state index contributed by atoms with van der Waals surface area (Å²) < 4.78 is 40.1. The third-order valence-corrected chi connectivity index (χ3v) is 6.04. The average molecular weight is 424 g/mol. The highest BCUT2D eigenvalue weighted by Gasteiger charge is 2.61. The Balaban J connectivity index is 1.50. The molecule has 1 amide bonds. The van der Waals surface area contributed by atoms with Crippen LogP contribution < -0.4 is 9.80 Å². The number of carbonyl (C=O) groups is 2. The van der Waals surface area contributed by atoms with Crippen LogP contribution in [-0.4, -0.2) is 48.2 Å². The summed E-state index contributed by atoms with van der Waals surface area (Å²) >= 11 is 0. The zero-order valence-electron chi connectivity index (χ0n) is 17.4. The summed E-state index contributed by atoms with van der Waals surface area (Å²) in [5.74, 6) is -2.14. The van der Waals surface area contributed by atoms with Crippen LogP contribution in [0.4, 0.5) is 25.0 Å². The van der Waals surface area contributed by atoms with E-state index < -0.39 is 29.1 Å². The predicted molar refractivity (Wildman–Crippen MR) is 104 cm³/mol. The Morgan fingerprint density at radius 3 is 2.33 bits per heavy atom. The predicted octanol–water partition coefficient (Wildman–Crippen LogP) is 3.04. The van der Waals surface area contributed by atoms with Crippen molar-refractivity contribution >= 4 is 23.4 Å². The third kappa shape index (κ3) is 3.38. The smallest absolute Gasteiger partial charge is 0.416 e. The molecule has 2 saturated heterocycles. The molecule has 4 rings (SSSR count). The number of cyclic esters (lactones) is 1. The molecular formula is C21H26F2N2O5. The number of fused-ring (bicyclic) bond motifs is 1. The fourth-order valence-corrected chi connectivity index (χ4v) is 4.49. The van der Waals surface area contributed by atoms with Gasteiger partial charge in [-0.25, -0.2) is 18.5 Å². The van der Waals surface area contributed by atoms with Crippen molar-refractivity contribution in [1.82, 2.24) is 0 Å². The molecule has 1 unspecified atom stereocenters. The second-order valence-corrected chi connectivity index (χ2v) is 9.28. The highest BCUT2D eigenvalue weighted by Crippen LogP contribution is 2.54. The molecule has 3 aliphatic rings. The second-order valence-electron chi connectivity index (χ2n) is 9.28. The van der Waals surface area contributed by atoms with E-state index in [1.54, 1.807) is 32.6 Å². The van der Waals surface area contributed by atoms with Crippen LogP contribution >= 0.6 is 0 Å². The first-order valence-electron chi connectivity index (χ1n) is 10.1. The molecule has 0 aromatic heterocycles. The van der Waals surface area contributed by atoms with E-state index in [0.717, 1.165) is 17.0 Å². The van der Waals surface area contributed by atoms with Gasteiger partial charge in [-0.05, 0) is 39.0 Å². The van der Waals surface area contributed by atoms with Gasteiger partial charge in [-0.1, -0.05) is 6.92 Å². The molecule has 1 N–H and O–H groups in total. The fraction of sp³-hybridized carbons (Fsp3) is 0.619. The van der Waals surface area contributed by atoms with Crippen LogP contribution in [0.1, 0.15) is 34.1 Å². The van der Waals surface area contributed by atoms with Crippen LogP contribution in [0.3, 0.4) is 0 Å². The monoisotopic (exact) mass is 424 g/mol. The van der Waals surface area contributed by atoms with E-state index in [2.05, 4.69) is 0 Å². The van der Waals surface area contributed by atoms with Crippen LogP contribution in [0, 0.1) is 29.4 Å². The molecule has 9 heteroatoms. The van der Waals surface area contributed by atoms with Crippen molar-refractivity contribution in [2.45, 2.75) is 45.4 Å². The minimum absolute atomic E-state index is 0.0112. The lowest BCUT2D eigenvalue weighted by atomic mass is 10.1. The summed E-state index contributed by atoms with van der Waals surface area (Å²) in [7, 11) is 0. The molecule has 1 aromatic rings. The van der Waals surface area contributed by atoms with E-state index in [0.29, 0.717) is 13.1 Å². The van der Waals surface area contributed by atoms with Gasteiger partial charge in [0, 0.05) is 25.2 Å². The number of hydrogen-bond donors (Lipinski definition) is 1. The fourth-order valence-electron chi connectivity index (χ4n) is 4.49. The minimum Gasteiger partial charge on any atom is -0.460 e. The van der Waals surface area contributed by atoms with E-state index in [-0.39, 0.29) is 48.1 Å². The standard InChI is InChI=1S/C21H26F2N2O5/c1-5-21(28)10-29-19(27)25(21)11-6-14(22)17(15(23)7-11)24-8-12-13(9-24)16(12)18(26)30-20(2,3)4/h6-7,12-13,16,28H,5,8-10H2,1-4H3/t12-,13+,16?,21-/m1/s1. The number of benzene rings is 1. The zero-order valence-corrected chi connectivity index (χ0v) is 17.4. The minimum atomic E-state index is -1.65. The first-order chi connectivity index (χ1) is 13.9. The van der Waals surface area contributed by atoms with Crippen molar-refractivity contribution < 1.29 is 33.0 Å². The molecule has 2 aliphatic heterocycles. The van der Waals surface area contributed by atoms with Crippen LogP contribution in [0.25, 0.3) is 0 Å². The summed E-state index contributed by atoms with van der Waals surface area (Å²) in [5.41, 5.74) is -2.51. The van der Waals surface area contributed by atoms with Crippen LogP contribution in [0.2, 0.25) is 0 Å². The first-order valence-corrected chi connectivity index (χ1v) is 10.1. The van der Waals surface area contributed by atoms with Crippen molar-refractivity contribution in [3.8, 4) is 0 Å². The lowest BCUT2D eigenvalue weighted by Crippen LogP contribution is -2.47. The molecule has 0 bridgehead atoms. The van der Waals surface area contributed by atoms with Crippen molar-refractivity contribution in [2.75, 3.05) is 29.5 Å². The molecular weight excluding hydrogens is 398 g/mol. The van der Waals surface area contributed by atoms with Crippen LogP contribution in [0.5, 0.6) is 0 Å². The molecule has 1 aliphatic carbocycles. The third-order valence-electron chi connectivity index (χ3n) is 6.04. The van der Waals surface area contributed by atoms with Crippen molar-refractivity contribution in [1.29, 1.82) is 0 Å². The van der Waals surface area contributed by atoms with E-state index in [4.69, 9.17) is 9.47 Å². The van der Waals surface area contributed by atoms with Crippen LogP contribution in [-0.2, 0) is 14.3 Å². The molecule has 0 spiro atoms. The molecule has 1 aromatic carbocycles. The van der Waals surface area contributed by atoms with Crippen molar-refractivity contribution in [3.05, 3.63) is 23.8 Å². The number of anilines is 2. The van der Waals surface area contributed by atoms with Crippen LogP contribution in [0.15, 0.2) is 12.1 Å². The Labute approximate surface area is 173 Å². The zero-order chi connectivity index (χ0) is 22.0. The number of piperidine rings is 1. The first kappa shape index (κ1) is 20.8. The Morgan fingerprint density at radius 1 is 1.27 bits per heavy atom. The number of esters is 1. The summed E-state index contributed by atoms with van der Waals surface area (Å²) in [6.07, 6.45) is -0.709. The summed E-state index contributed by atoms with van der Waals surface area (Å²) in [6.45, 7) is 7.49. The summed E-state index contributed by atoms with van der Waals surface area (Å²) in [4.78, 5) is 26.7. The van der Waals surface area contributed by atoms with Gasteiger partial charge in [0.15, 0.2) is 17.4 Å². The van der Waals surface area contributed by atoms with Gasteiger partial charge >= 0.3 is 12.1 Å². The molecule has 30 heavy (non-hydrogen) atoms. The molecule has 2 heterocycles. The van der Waals surface area contributed by atoms with Gasteiger partial charge in [0.05, 0.1) is 11.6 Å². The van der Waals surface area contributed by atoms with Gasteiger partial charge in [0.25, 0.3) is 0 Å². The summed E-state index contributed by atoms with van der Waals surface area (Å²) in [6, 6.07) is 2.06. The largest absolute Gasteiger partial charge is 0.460 e. The number of amides is 1. The topological polar surface area (TPSA) is 79.3 Å². The number of aliphatic hydroxyl groups is 1. The van der Waals surface area contributed by atoms with Gasteiger partial charge in [-0.3, -0.25) is 4.79 Å². The number of hydrogen-bond acceptors (Lipinski definition) is 6. The number of carbonyl (C=O) groups excluding carboxylic acids is 2. The van der Waals surface area contributed by atoms with Gasteiger partial charge < -0.3 is 19.5 Å². The maximum absolute atomic E-state index is 14.9. The van der Waals surface area contributed by atoms with Crippen molar-refractivity contribution in [2.24, 2.45) is 17.8 Å². The van der Waals surface area contributed by atoms with Crippen molar-refractivity contribution in [3.63, 3.8) is 0 Å².